The minimum atomic E-state index is -1.27. The largest absolute Gasteiger partial charge is 0.486 e. The fourth-order valence-electron chi connectivity index (χ4n) is 5.38. The number of imidazole rings is 1. The lowest BCUT2D eigenvalue weighted by Gasteiger charge is -2.30. The van der Waals surface area contributed by atoms with Crippen molar-refractivity contribution in [2.24, 2.45) is 5.92 Å². The van der Waals surface area contributed by atoms with E-state index in [1.165, 1.54) is 4.90 Å². The molecule has 0 radical (unpaired) electrons. The van der Waals surface area contributed by atoms with Crippen molar-refractivity contribution in [3.05, 3.63) is 97.1 Å². The Balaban J connectivity index is 1.51. The van der Waals surface area contributed by atoms with Crippen LogP contribution in [-0.2, 0) is 30.5 Å². The van der Waals surface area contributed by atoms with Crippen LogP contribution in [0, 0.1) is 5.92 Å². The third kappa shape index (κ3) is 12.1. The van der Waals surface area contributed by atoms with Gasteiger partial charge in [0.2, 0.25) is 11.8 Å². The molecule has 0 saturated carbocycles. The number of hydrogen-bond donors (Lipinski definition) is 2. The van der Waals surface area contributed by atoms with Crippen LogP contribution in [0.15, 0.2) is 91.5 Å². The highest BCUT2D eigenvalue weighted by molar-refractivity contribution is 6.01. The number of esters is 1. The van der Waals surface area contributed by atoms with Crippen LogP contribution in [0.2, 0.25) is 0 Å². The van der Waals surface area contributed by atoms with Crippen molar-refractivity contribution in [2.45, 2.75) is 71.7 Å². The van der Waals surface area contributed by atoms with E-state index in [-0.39, 0.29) is 12.5 Å². The first-order valence-electron chi connectivity index (χ1n) is 17.0. The normalized spacial score (nSPS) is 12.5. The molecule has 4 rings (SSSR count). The van der Waals surface area contributed by atoms with E-state index in [0.717, 1.165) is 10.8 Å². The predicted molar refractivity (Wildman–Crippen MR) is 193 cm³/mol. The Kier molecular flexibility index (Phi) is 13.5. The maximum Gasteiger partial charge on any atom is 0.308 e. The van der Waals surface area contributed by atoms with E-state index in [4.69, 9.17) is 9.47 Å². The summed E-state index contributed by atoms with van der Waals surface area (Å²) < 4.78 is 12.9. The summed E-state index contributed by atoms with van der Waals surface area (Å²) in [6.07, 6.45) is 5.15. The molecule has 270 valence electrons. The summed E-state index contributed by atoms with van der Waals surface area (Å²) in [5.74, 6) is -2.62. The monoisotopic (exact) mass is 697 g/mol. The number of benzene rings is 3. The van der Waals surface area contributed by atoms with Crippen LogP contribution in [0.4, 0.5) is 0 Å². The SMILES string of the molecule is CC(C)[C@H](NC(=O)c1ccc2ccccc2c1)C(=O)N(CCCn1ccnc1)CC(=O)NC(CC(=O)OC(C)(C)C)C(=O)COc1ccccc1. The van der Waals surface area contributed by atoms with Gasteiger partial charge in [-0.1, -0.05) is 62.4 Å². The lowest BCUT2D eigenvalue weighted by atomic mass is 10.0. The van der Waals surface area contributed by atoms with Crippen molar-refractivity contribution in [1.29, 1.82) is 0 Å². The van der Waals surface area contributed by atoms with Gasteiger partial charge in [-0.3, -0.25) is 24.0 Å². The summed E-state index contributed by atoms with van der Waals surface area (Å²) in [6, 6.07) is 19.5. The average molecular weight is 698 g/mol. The Morgan fingerprint density at radius 3 is 2.27 bits per heavy atom. The number of carbonyl (C=O) groups excluding carboxylic acids is 5. The van der Waals surface area contributed by atoms with E-state index in [9.17, 15) is 24.0 Å². The van der Waals surface area contributed by atoms with Gasteiger partial charge < -0.3 is 29.6 Å². The molecular formula is C39H47N5O7. The second-order valence-corrected chi connectivity index (χ2v) is 13.6. The summed E-state index contributed by atoms with van der Waals surface area (Å²) in [6.45, 7) is 8.61. The van der Waals surface area contributed by atoms with Crippen molar-refractivity contribution in [2.75, 3.05) is 19.7 Å². The van der Waals surface area contributed by atoms with Gasteiger partial charge in [-0.2, -0.15) is 0 Å². The molecule has 1 heterocycles. The fraction of sp³-hybridized carbons (Fsp3) is 0.385. The molecule has 0 bridgehead atoms. The van der Waals surface area contributed by atoms with Crippen LogP contribution in [-0.4, -0.2) is 81.3 Å². The number of para-hydroxylation sites is 1. The molecule has 0 spiro atoms. The number of rotatable bonds is 17. The van der Waals surface area contributed by atoms with Gasteiger partial charge in [0.1, 0.15) is 30.0 Å². The molecule has 2 N–H and O–H groups in total. The van der Waals surface area contributed by atoms with Crippen molar-refractivity contribution >= 4 is 40.2 Å². The third-order valence-electron chi connectivity index (χ3n) is 7.92. The molecule has 0 aliphatic carbocycles. The topological polar surface area (TPSA) is 149 Å². The molecule has 3 amide bonds. The first-order valence-corrected chi connectivity index (χ1v) is 17.0. The number of aryl methyl sites for hydroxylation is 1. The van der Waals surface area contributed by atoms with Crippen LogP contribution < -0.4 is 15.4 Å². The number of carbonyl (C=O) groups is 5. The highest BCUT2D eigenvalue weighted by Gasteiger charge is 2.32. The molecule has 3 aromatic carbocycles. The molecule has 12 heteroatoms. The number of hydrogen-bond acceptors (Lipinski definition) is 8. The lowest BCUT2D eigenvalue weighted by Crippen LogP contribution is -2.55. The Bertz CT molecular complexity index is 1780. The Morgan fingerprint density at radius 2 is 1.61 bits per heavy atom. The Morgan fingerprint density at radius 1 is 0.902 bits per heavy atom. The molecule has 12 nitrogen and oxygen atoms in total. The number of amides is 3. The summed E-state index contributed by atoms with van der Waals surface area (Å²) in [4.78, 5) is 72.8. The minimum absolute atomic E-state index is 0.168. The molecule has 4 aromatic rings. The van der Waals surface area contributed by atoms with Crippen LogP contribution in [0.3, 0.4) is 0 Å². The number of aromatic nitrogens is 2. The molecule has 0 saturated heterocycles. The molecule has 2 atom stereocenters. The van der Waals surface area contributed by atoms with Crippen LogP contribution in [0.25, 0.3) is 10.8 Å². The summed E-state index contributed by atoms with van der Waals surface area (Å²) in [7, 11) is 0. The highest BCUT2D eigenvalue weighted by Crippen LogP contribution is 2.17. The highest BCUT2D eigenvalue weighted by atomic mass is 16.6. The van der Waals surface area contributed by atoms with Gasteiger partial charge >= 0.3 is 5.97 Å². The van der Waals surface area contributed by atoms with E-state index in [2.05, 4.69) is 15.6 Å². The lowest BCUT2D eigenvalue weighted by molar-refractivity contribution is -0.156. The zero-order chi connectivity index (χ0) is 37.0. The second-order valence-electron chi connectivity index (χ2n) is 13.6. The average Bonchev–Trinajstić information content (AvgIpc) is 3.61. The van der Waals surface area contributed by atoms with Gasteiger partial charge in [-0.15, -0.1) is 0 Å². The molecule has 0 aliphatic rings. The van der Waals surface area contributed by atoms with Crippen LogP contribution in [0.5, 0.6) is 5.75 Å². The molecular weight excluding hydrogens is 650 g/mol. The smallest absolute Gasteiger partial charge is 0.308 e. The van der Waals surface area contributed by atoms with Crippen molar-refractivity contribution in [3.63, 3.8) is 0 Å². The van der Waals surface area contributed by atoms with Crippen molar-refractivity contribution in [3.8, 4) is 5.75 Å². The second kappa shape index (κ2) is 17.9. The van der Waals surface area contributed by atoms with Crippen molar-refractivity contribution < 1.29 is 33.4 Å². The van der Waals surface area contributed by atoms with Gasteiger partial charge in [0.05, 0.1) is 19.3 Å². The first-order chi connectivity index (χ1) is 24.3. The van der Waals surface area contributed by atoms with E-state index >= 15 is 0 Å². The number of ether oxygens (including phenoxy) is 2. The standard InChI is InChI=1S/C39H47N5O7/c1-27(2)36(42-37(48)30-17-16-28-12-9-10-13-29(28)22-30)38(49)44(20-11-19-43-21-18-40-26-43)24-34(46)41-32(23-35(47)51-39(3,4)5)33(45)25-50-31-14-7-6-8-15-31/h6-10,12-18,21-22,26-27,32,36H,11,19-20,23-25H2,1-5H3,(H,41,46)(H,42,48)/t32?,36-/m0/s1. The number of ketones is 1. The minimum Gasteiger partial charge on any atom is -0.486 e. The van der Waals surface area contributed by atoms with Crippen LogP contribution >= 0.6 is 0 Å². The first kappa shape index (κ1) is 38.3. The van der Waals surface area contributed by atoms with Gasteiger partial charge in [0, 0.05) is 31.0 Å². The molecule has 0 fully saturated rings. The molecule has 0 aliphatic heterocycles. The maximum atomic E-state index is 14.2. The van der Waals surface area contributed by atoms with Gasteiger partial charge in [0.15, 0.2) is 5.78 Å². The Labute approximate surface area is 298 Å². The molecule has 1 unspecified atom stereocenters. The van der Waals surface area contributed by atoms with Gasteiger partial charge in [-0.05, 0) is 68.1 Å². The number of nitrogens with one attached hydrogen (secondary N) is 2. The quantitative estimate of drug-likeness (QED) is 0.153. The summed E-state index contributed by atoms with van der Waals surface area (Å²) >= 11 is 0. The zero-order valence-corrected chi connectivity index (χ0v) is 29.8. The maximum absolute atomic E-state index is 14.2. The van der Waals surface area contributed by atoms with E-state index in [0.29, 0.717) is 24.3 Å². The molecule has 1 aromatic heterocycles. The van der Waals surface area contributed by atoms with Crippen LogP contribution in [0.1, 0.15) is 57.8 Å². The third-order valence-corrected chi connectivity index (χ3v) is 7.92. The zero-order valence-electron chi connectivity index (χ0n) is 29.8. The fourth-order valence-corrected chi connectivity index (χ4v) is 5.38. The number of fused-ring (bicyclic) bond motifs is 1. The van der Waals surface area contributed by atoms with Gasteiger partial charge in [-0.25, -0.2) is 4.98 Å². The van der Waals surface area contributed by atoms with Crippen molar-refractivity contribution in [1.82, 2.24) is 25.1 Å². The van der Waals surface area contributed by atoms with Gasteiger partial charge in [0.25, 0.3) is 5.91 Å². The predicted octanol–water partition coefficient (Wildman–Crippen LogP) is 4.57. The van der Waals surface area contributed by atoms with E-state index < -0.39 is 66.7 Å². The summed E-state index contributed by atoms with van der Waals surface area (Å²) in [5.41, 5.74) is -0.408. The summed E-state index contributed by atoms with van der Waals surface area (Å²) in [5, 5.41) is 7.40. The number of nitrogens with zero attached hydrogens (tertiary/aromatic N) is 3. The van der Waals surface area contributed by atoms with E-state index in [1.807, 2.05) is 48.7 Å². The van der Waals surface area contributed by atoms with E-state index in [1.54, 1.807) is 82.0 Å². The molecule has 51 heavy (non-hydrogen) atoms. The Hall–Kier alpha value is -5.52. The number of Topliss-reactive ketones (excluding diaryl/α,β-unsaturated/α-hetero) is 1.